The molecule has 0 saturated heterocycles. The van der Waals surface area contributed by atoms with Crippen molar-refractivity contribution in [2.24, 2.45) is 0 Å². The Bertz CT molecular complexity index is 1090. The standard InChI is InChI=1S/C19H18ClN3O4S2/c20-18-4-3-16(10-21-18)29(25,26)23(12-15-2-1-8-27-15)13-19(24)22-7-5-17-14(11-22)6-9-28-17/h1-4,6,8-10H,5,7,11-13H2. The number of carbonyl (C=O) groups excluding carboxylic acids is 1. The lowest BCUT2D eigenvalue weighted by Gasteiger charge is -2.29. The molecule has 29 heavy (non-hydrogen) atoms. The molecule has 1 amide bonds. The van der Waals surface area contributed by atoms with Crippen LogP contribution >= 0.6 is 22.9 Å². The number of rotatable bonds is 6. The predicted molar refractivity (Wildman–Crippen MR) is 109 cm³/mol. The predicted octanol–water partition coefficient (Wildman–Crippen LogP) is 3.17. The lowest BCUT2D eigenvalue weighted by atomic mass is 10.1. The van der Waals surface area contributed by atoms with E-state index in [2.05, 4.69) is 4.98 Å². The lowest BCUT2D eigenvalue weighted by molar-refractivity contribution is -0.132. The third-order valence-electron chi connectivity index (χ3n) is 4.72. The van der Waals surface area contributed by atoms with E-state index >= 15 is 0 Å². The first-order valence-electron chi connectivity index (χ1n) is 8.90. The monoisotopic (exact) mass is 451 g/mol. The van der Waals surface area contributed by atoms with Crippen LogP contribution in [0.4, 0.5) is 0 Å². The molecule has 0 spiro atoms. The Morgan fingerprint density at radius 2 is 2.17 bits per heavy atom. The molecule has 0 aliphatic carbocycles. The zero-order valence-electron chi connectivity index (χ0n) is 15.3. The summed E-state index contributed by atoms with van der Waals surface area (Å²) in [5.41, 5.74) is 1.12. The number of furan rings is 1. The molecule has 0 aromatic carbocycles. The van der Waals surface area contributed by atoms with Crippen LogP contribution in [0, 0.1) is 0 Å². The van der Waals surface area contributed by atoms with Crippen LogP contribution in [0.2, 0.25) is 5.15 Å². The zero-order valence-corrected chi connectivity index (χ0v) is 17.7. The van der Waals surface area contributed by atoms with E-state index < -0.39 is 10.0 Å². The Labute approximate surface area is 177 Å². The minimum atomic E-state index is -3.97. The van der Waals surface area contributed by atoms with Gasteiger partial charge in [0.1, 0.15) is 15.8 Å². The first-order chi connectivity index (χ1) is 13.9. The van der Waals surface area contributed by atoms with Gasteiger partial charge in [-0.25, -0.2) is 13.4 Å². The van der Waals surface area contributed by atoms with Crippen molar-refractivity contribution in [1.29, 1.82) is 0 Å². The fourth-order valence-electron chi connectivity index (χ4n) is 3.18. The fourth-order valence-corrected chi connectivity index (χ4v) is 5.48. The van der Waals surface area contributed by atoms with Gasteiger partial charge in [0.05, 0.1) is 19.4 Å². The summed E-state index contributed by atoms with van der Waals surface area (Å²) < 4.78 is 32.8. The molecule has 0 bridgehead atoms. The number of hydrogen-bond acceptors (Lipinski definition) is 6. The van der Waals surface area contributed by atoms with Gasteiger partial charge in [-0.1, -0.05) is 11.6 Å². The third-order valence-corrected chi connectivity index (χ3v) is 7.74. The number of hydrogen-bond donors (Lipinski definition) is 0. The molecule has 7 nitrogen and oxygen atoms in total. The highest BCUT2D eigenvalue weighted by Crippen LogP contribution is 2.25. The van der Waals surface area contributed by atoms with Gasteiger partial charge in [-0.2, -0.15) is 4.31 Å². The van der Waals surface area contributed by atoms with Crippen LogP contribution in [-0.2, 0) is 34.3 Å². The van der Waals surface area contributed by atoms with E-state index in [1.165, 1.54) is 29.5 Å². The number of carbonyl (C=O) groups is 1. The van der Waals surface area contributed by atoms with E-state index in [1.807, 2.05) is 11.4 Å². The van der Waals surface area contributed by atoms with E-state index in [-0.39, 0.29) is 29.0 Å². The molecule has 0 atom stereocenters. The lowest BCUT2D eigenvalue weighted by Crippen LogP contribution is -2.44. The van der Waals surface area contributed by atoms with Crippen molar-refractivity contribution in [3.05, 3.63) is 69.5 Å². The normalized spacial score (nSPS) is 14.2. The fraction of sp³-hybridized carbons (Fsp3) is 0.263. The van der Waals surface area contributed by atoms with Gasteiger partial charge in [0.15, 0.2) is 0 Å². The van der Waals surface area contributed by atoms with Gasteiger partial charge in [0, 0.05) is 24.2 Å². The SMILES string of the molecule is O=C(CN(Cc1ccco1)S(=O)(=O)c1ccc(Cl)nc1)N1CCc2sccc2C1. The number of fused-ring (bicyclic) bond motifs is 1. The molecule has 1 aliphatic rings. The minimum absolute atomic E-state index is 0.0278. The van der Waals surface area contributed by atoms with Crippen LogP contribution < -0.4 is 0 Å². The Hall–Kier alpha value is -2.20. The molecule has 4 rings (SSSR count). The summed E-state index contributed by atoms with van der Waals surface area (Å²) in [6.07, 6.45) is 3.44. The average Bonchev–Trinajstić information content (AvgIpc) is 3.38. The van der Waals surface area contributed by atoms with Crippen LogP contribution in [0.1, 0.15) is 16.2 Å². The van der Waals surface area contributed by atoms with Crippen LogP contribution in [0.25, 0.3) is 0 Å². The summed E-state index contributed by atoms with van der Waals surface area (Å²) in [6.45, 7) is 0.727. The van der Waals surface area contributed by atoms with Crippen molar-refractivity contribution in [2.75, 3.05) is 13.1 Å². The van der Waals surface area contributed by atoms with Crippen molar-refractivity contribution in [2.45, 2.75) is 24.4 Å². The molecule has 0 radical (unpaired) electrons. The molecule has 0 N–H and O–H groups in total. The van der Waals surface area contributed by atoms with E-state index in [1.54, 1.807) is 28.4 Å². The second kappa shape index (κ2) is 8.27. The number of nitrogens with zero attached hydrogens (tertiary/aromatic N) is 3. The van der Waals surface area contributed by atoms with Crippen molar-refractivity contribution in [3.8, 4) is 0 Å². The van der Waals surface area contributed by atoms with Crippen LogP contribution in [0.5, 0.6) is 0 Å². The maximum Gasteiger partial charge on any atom is 0.245 e. The molecule has 0 fully saturated rings. The maximum atomic E-state index is 13.2. The Balaban J connectivity index is 1.57. The maximum absolute atomic E-state index is 13.2. The Morgan fingerprint density at radius 1 is 1.31 bits per heavy atom. The van der Waals surface area contributed by atoms with Gasteiger partial charge < -0.3 is 9.32 Å². The zero-order chi connectivity index (χ0) is 20.4. The number of pyridine rings is 1. The Kier molecular flexibility index (Phi) is 5.73. The van der Waals surface area contributed by atoms with Crippen molar-refractivity contribution in [1.82, 2.24) is 14.2 Å². The molecule has 0 unspecified atom stereocenters. The molecule has 4 heterocycles. The van der Waals surface area contributed by atoms with Gasteiger partial charge in [-0.15, -0.1) is 11.3 Å². The highest BCUT2D eigenvalue weighted by atomic mass is 35.5. The number of amides is 1. The largest absolute Gasteiger partial charge is 0.468 e. The van der Waals surface area contributed by atoms with Crippen LogP contribution in [0.3, 0.4) is 0 Å². The number of sulfonamides is 1. The minimum Gasteiger partial charge on any atom is -0.468 e. The first kappa shape index (κ1) is 20.1. The highest BCUT2D eigenvalue weighted by molar-refractivity contribution is 7.89. The van der Waals surface area contributed by atoms with Crippen molar-refractivity contribution < 1.29 is 17.6 Å². The number of aromatic nitrogens is 1. The summed E-state index contributed by atoms with van der Waals surface area (Å²) in [6, 6.07) is 8.14. The van der Waals surface area contributed by atoms with Gasteiger partial charge in [0.2, 0.25) is 15.9 Å². The van der Waals surface area contributed by atoms with Crippen molar-refractivity contribution in [3.63, 3.8) is 0 Å². The molecule has 3 aromatic heterocycles. The molecule has 3 aromatic rings. The number of halogens is 1. The van der Waals surface area contributed by atoms with Crippen LogP contribution in [0.15, 0.2) is 57.5 Å². The van der Waals surface area contributed by atoms with Gasteiger partial charge in [0.25, 0.3) is 0 Å². The van der Waals surface area contributed by atoms with E-state index in [9.17, 15) is 13.2 Å². The first-order valence-corrected chi connectivity index (χ1v) is 11.6. The average molecular weight is 452 g/mol. The second-order valence-corrected chi connectivity index (χ2v) is 9.93. The van der Waals surface area contributed by atoms with Crippen molar-refractivity contribution >= 4 is 38.9 Å². The molecule has 1 aliphatic heterocycles. The van der Waals surface area contributed by atoms with Gasteiger partial charge in [-0.3, -0.25) is 4.79 Å². The quantitative estimate of drug-likeness (QED) is 0.537. The molecular weight excluding hydrogens is 434 g/mol. The second-order valence-electron chi connectivity index (χ2n) is 6.60. The van der Waals surface area contributed by atoms with Gasteiger partial charge >= 0.3 is 0 Å². The molecule has 10 heteroatoms. The number of thiophene rings is 1. The van der Waals surface area contributed by atoms with Crippen LogP contribution in [-0.4, -0.2) is 41.6 Å². The van der Waals surface area contributed by atoms with Gasteiger partial charge in [-0.05, 0) is 47.7 Å². The summed E-state index contributed by atoms with van der Waals surface area (Å²) in [5.74, 6) is 0.195. The molecule has 0 saturated carbocycles. The molecule has 152 valence electrons. The highest BCUT2D eigenvalue weighted by Gasteiger charge is 2.31. The summed E-state index contributed by atoms with van der Waals surface area (Å²) in [5, 5.41) is 2.21. The van der Waals surface area contributed by atoms with E-state index in [4.69, 9.17) is 16.0 Å². The smallest absolute Gasteiger partial charge is 0.245 e. The molecular formula is C19H18ClN3O4S2. The van der Waals surface area contributed by atoms with E-state index in [0.29, 0.717) is 18.8 Å². The third kappa shape index (κ3) is 4.37. The van der Waals surface area contributed by atoms with E-state index in [0.717, 1.165) is 16.3 Å². The summed E-state index contributed by atoms with van der Waals surface area (Å²) >= 11 is 7.46. The summed E-state index contributed by atoms with van der Waals surface area (Å²) in [4.78, 5) is 19.8. The Morgan fingerprint density at radius 3 is 2.90 bits per heavy atom. The summed E-state index contributed by atoms with van der Waals surface area (Å²) in [7, 11) is -3.97. The topological polar surface area (TPSA) is 83.7 Å².